The Balaban J connectivity index is 2.33. The molecule has 0 bridgehead atoms. The van der Waals surface area contributed by atoms with Crippen molar-refractivity contribution in [2.75, 3.05) is 17.2 Å². The first-order valence-corrected chi connectivity index (χ1v) is 12.0. The number of aromatic nitrogens is 2. The van der Waals surface area contributed by atoms with Crippen LogP contribution in [0.3, 0.4) is 0 Å². The van der Waals surface area contributed by atoms with Crippen molar-refractivity contribution in [3.8, 4) is 0 Å². The Morgan fingerprint density at radius 1 is 1.13 bits per heavy atom. The van der Waals surface area contributed by atoms with Gasteiger partial charge in [-0.3, -0.25) is 19.1 Å². The molecule has 0 saturated heterocycles. The molecule has 0 fully saturated rings. The van der Waals surface area contributed by atoms with Crippen LogP contribution >= 0.6 is 11.8 Å². The Bertz CT molecular complexity index is 956. The highest BCUT2D eigenvalue weighted by Crippen LogP contribution is 2.24. The van der Waals surface area contributed by atoms with E-state index in [1.54, 1.807) is 0 Å². The highest BCUT2D eigenvalue weighted by atomic mass is 32.2. The predicted octanol–water partition coefficient (Wildman–Crippen LogP) is 3.76. The van der Waals surface area contributed by atoms with Crippen LogP contribution in [0.4, 0.5) is 11.5 Å². The molecule has 2 rings (SSSR count). The van der Waals surface area contributed by atoms with Gasteiger partial charge in [0.2, 0.25) is 5.91 Å². The van der Waals surface area contributed by atoms with Crippen molar-refractivity contribution in [2.24, 2.45) is 0 Å². The highest BCUT2D eigenvalue weighted by molar-refractivity contribution is 7.99. The predicted molar refractivity (Wildman–Crippen MR) is 130 cm³/mol. The Morgan fingerprint density at radius 3 is 2.45 bits per heavy atom. The van der Waals surface area contributed by atoms with E-state index >= 15 is 0 Å². The van der Waals surface area contributed by atoms with Gasteiger partial charge in [0.25, 0.3) is 5.56 Å². The molecule has 0 radical (unpaired) electrons. The van der Waals surface area contributed by atoms with Gasteiger partial charge in [-0.15, -0.1) is 11.8 Å². The highest BCUT2D eigenvalue weighted by Gasteiger charge is 2.27. The van der Waals surface area contributed by atoms with Gasteiger partial charge in [-0.2, -0.15) is 0 Å². The molecule has 0 aliphatic heterocycles. The number of H-pyrrole nitrogens is 1. The van der Waals surface area contributed by atoms with Gasteiger partial charge in [0.05, 0.1) is 5.25 Å². The summed E-state index contributed by atoms with van der Waals surface area (Å²) < 4.78 is 1.36. The van der Waals surface area contributed by atoms with Crippen molar-refractivity contribution >= 4 is 29.2 Å². The van der Waals surface area contributed by atoms with Gasteiger partial charge in [-0.1, -0.05) is 63.4 Å². The molecule has 0 aliphatic rings. The summed E-state index contributed by atoms with van der Waals surface area (Å²) in [5, 5.41) is -0.364. The van der Waals surface area contributed by atoms with Gasteiger partial charge < -0.3 is 10.6 Å². The number of unbranched alkanes of at least 4 members (excludes halogenated alkanes) is 3. The zero-order valence-corrected chi connectivity index (χ0v) is 19.5. The summed E-state index contributed by atoms with van der Waals surface area (Å²) in [6, 6.07) is 9.95. The van der Waals surface area contributed by atoms with Crippen LogP contribution in [0.5, 0.6) is 0 Å². The average Bonchev–Trinajstić information content (AvgIpc) is 2.76. The summed E-state index contributed by atoms with van der Waals surface area (Å²) in [6.07, 6.45) is 4.31. The minimum atomic E-state index is -0.611. The maximum Gasteiger partial charge on any atom is 0.330 e. The number of rotatable bonds is 12. The number of amides is 1. The second-order valence-electron chi connectivity index (χ2n) is 7.63. The molecule has 1 aromatic carbocycles. The first-order chi connectivity index (χ1) is 14.9. The van der Waals surface area contributed by atoms with Gasteiger partial charge in [-0.05, 0) is 25.3 Å². The van der Waals surface area contributed by atoms with Crippen LogP contribution in [0.25, 0.3) is 0 Å². The molecule has 1 unspecified atom stereocenters. The maximum atomic E-state index is 13.4. The molecule has 3 N–H and O–H groups in total. The molecule has 0 spiro atoms. The zero-order chi connectivity index (χ0) is 22.8. The third-order valence-corrected chi connectivity index (χ3v) is 6.36. The van der Waals surface area contributed by atoms with Gasteiger partial charge in [0.15, 0.2) is 5.69 Å². The molecule has 7 nitrogen and oxygen atoms in total. The Kier molecular flexibility index (Phi) is 9.91. The molecular weight excluding hydrogens is 412 g/mol. The number of carbonyl (C=O) groups is 1. The molecule has 8 heteroatoms. The fraction of sp³-hybridized carbons (Fsp3) is 0.522. The number of nitrogens with zero attached hydrogens (tertiary/aromatic N) is 2. The van der Waals surface area contributed by atoms with Crippen LogP contribution < -0.4 is 21.9 Å². The minimum absolute atomic E-state index is 0.0623. The van der Waals surface area contributed by atoms with E-state index in [4.69, 9.17) is 5.73 Å². The van der Waals surface area contributed by atoms with Crippen molar-refractivity contribution in [3.05, 3.63) is 56.7 Å². The molecule has 0 aliphatic carbocycles. The lowest BCUT2D eigenvalue weighted by Gasteiger charge is -2.27. The molecule has 1 heterocycles. The van der Waals surface area contributed by atoms with Gasteiger partial charge in [0.1, 0.15) is 5.82 Å². The Morgan fingerprint density at radius 2 is 1.81 bits per heavy atom. The average molecular weight is 447 g/mol. The van der Waals surface area contributed by atoms with Crippen molar-refractivity contribution in [1.82, 2.24) is 9.55 Å². The molecule has 31 heavy (non-hydrogen) atoms. The molecule has 170 valence electrons. The molecule has 1 amide bonds. The summed E-state index contributed by atoms with van der Waals surface area (Å²) in [7, 11) is 0. The molecule has 2 aromatic rings. The molecule has 1 aromatic heterocycles. The van der Waals surface area contributed by atoms with Crippen molar-refractivity contribution < 1.29 is 4.79 Å². The quantitative estimate of drug-likeness (QED) is 0.483. The maximum absolute atomic E-state index is 13.4. The van der Waals surface area contributed by atoms with E-state index in [-0.39, 0.29) is 22.7 Å². The fourth-order valence-corrected chi connectivity index (χ4v) is 4.22. The first-order valence-electron chi connectivity index (χ1n) is 11.0. The van der Waals surface area contributed by atoms with E-state index in [1.807, 2.05) is 44.2 Å². The van der Waals surface area contributed by atoms with E-state index in [1.165, 1.54) is 21.2 Å². The Hall–Kier alpha value is -2.48. The lowest BCUT2D eigenvalue weighted by Crippen LogP contribution is -2.44. The largest absolute Gasteiger partial charge is 0.383 e. The summed E-state index contributed by atoms with van der Waals surface area (Å²) in [4.78, 5) is 42.2. The second-order valence-corrected chi connectivity index (χ2v) is 8.96. The first kappa shape index (κ1) is 24.8. The van der Waals surface area contributed by atoms with E-state index in [0.29, 0.717) is 18.8 Å². The number of nitrogen functional groups attached to an aromatic ring is 1. The van der Waals surface area contributed by atoms with Gasteiger partial charge in [0, 0.05) is 18.8 Å². The van der Waals surface area contributed by atoms with E-state index < -0.39 is 11.2 Å². The number of nitrogens with two attached hydrogens (primary N) is 1. The smallest absolute Gasteiger partial charge is 0.330 e. The minimum Gasteiger partial charge on any atom is -0.383 e. The number of anilines is 2. The summed E-state index contributed by atoms with van der Waals surface area (Å²) in [6.45, 7) is 6.74. The van der Waals surface area contributed by atoms with Crippen LogP contribution in [0.2, 0.25) is 0 Å². The van der Waals surface area contributed by atoms with E-state index in [9.17, 15) is 14.4 Å². The lowest BCUT2D eigenvalue weighted by atomic mass is 10.2. The summed E-state index contributed by atoms with van der Waals surface area (Å²) in [5.74, 6) is 0.584. The van der Waals surface area contributed by atoms with Crippen molar-refractivity contribution in [2.45, 2.75) is 70.4 Å². The Labute approximate surface area is 188 Å². The third-order valence-electron chi connectivity index (χ3n) is 5.16. The number of thioether (sulfide) groups is 1. The van der Waals surface area contributed by atoms with Crippen LogP contribution in [-0.4, -0.2) is 27.3 Å². The molecular formula is C23H34N4O3S. The SMILES string of the molecule is CCCCCN(C(=O)C(C)SCc1ccccc1)c1c(N)n(CCCC)c(=O)[nH]c1=O. The zero-order valence-electron chi connectivity index (χ0n) is 18.7. The summed E-state index contributed by atoms with van der Waals surface area (Å²) in [5.41, 5.74) is 6.35. The van der Waals surface area contributed by atoms with E-state index in [0.717, 1.165) is 37.7 Å². The molecule has 0 saturated carbocycles. The fourth-order valence-electron chi connectivity index (χ4n) is 3.31. The number of aromatic amines is 1. The number of hydrogen-bond donors (Lipinski definition) is 2. The van der Waals surface area contributed by atoms with Crippen LogP contribution in [0, 0.1) is 0 Å². The third kappa shape index (κ3) is 6.75. The van der Waals surface area contributed by atoms with Crippen LogP contribution in [0.1, 0.15) is 58.4 Å². The number of hydrogen-bond acceptors (Lipinski definition) is 5. The standard InChI is InChI=1S/C23H34N4O3S/c1-4-6-11-15-26(22(29)17(3)31-16-18-12-9-8-10-13-18)19-20(24)27(14-7-5-2)23(30)25-21(19)28/h8-10,12-13,17H,4-7,11,14-16,24H2,1-3H3,(H,25,28,30). The van der Waals surface area contributed by atoms with Gasteiger partial charge >= 0.3 is 5.69 Å². The monoisotopic (exact) mass is 446 g/mol. The summed E-state index contributed by atoms with van der Waals surface area (Å²) >= 11 is 1.52. The van der Waals surface area contributed by atoms with E-state index in [2.05, 4.69) is 11.9 Å². The van der Waals surface area contributed by atoms with Gasteiger partial charge in [-0.25, -0.2) is 4.79 Å². The number of nitrogens with one attached hydrogen (secondary N) is 1. The number of benzene rings is 1. The second kappa shape index (κ2) is 12.4. The van der Waals surface area contributed by atoms with Crippen LogP contribution in [-0.2, 0) is 17.1 Å². The normalized spacial score (nSPS) is 12.0. The molecule has 1 atom stereocenters. The van der Waals surface area contributed by atoms with Crippen LogP contribution in [0.15, 0.2) is 39.9 Å². The number of carbonyl (C=O) groups excluding carboxylic acids is 1. The lowest BCUT2D eigenvalue weighted by molar-refractivity contribution is -0.117. The topological polar surface area (TPSA) is 101 Å². The van der Waals surface area contributed by atoms with Crippen molar-refractivity contribution in [3.63, 3.8) is 0 Å². The van der Waals surface area contributed by atoms with Crippen molar-refractivity contribution in [1.29, 1.82) is 0 Å².